The zero-order valence-electron chi connectivity index (χ0n) is 59.5. The molecule has 0 aromatic rings. The van der Waals surface area contributed by atoms with Crippen molar-refractivity contribution < 1.29 is 24.2 Å². The van der Waals surface area contributed by atoms with E-state index in [9.17, 15) is 14.7 Å². The number of ether oxygens (including phenoxy) is 2. The van der Waals surface area contributed by atoms with Gasteiger partial charge in [0.1, 0.15) is 6.61 Å². The molecule has 0 aromatic heterocycles. The van der Waals surface area contributed by atoms with Crippen molar-refractivity contribution in [1.82, 2.24) is 0 Å². The van der Waals surface area contributed by atoms with Crippen LogP contribution in [0.5, 0.6) is 0 Å². The van der Waals surface area contributed by atoms with Gasteiger partial charge in [0.2, 0.25) is 0 Å². The van der Waals surface area contributed by atoms with Crippen LogP contribution in [-0.4, -0.2) is 36.4 Å². The lowest BCUT2D eigenvalue weighted by molar-refractivity contribution is -0.161. The molecule has 0 radical (unpaired) electrons. The van der Waals surface area contributed by atoms with E-state index < -0.39 is 6.10 Å². The van der Waals surface area contributed by atoms with E-state index in [1.54, 1.807) is 0 Å². The molecule has 5 nitrogen and oxygen atoms in total. The summed E-state index contributed by atoms with van der Waals surface area (Å²) in [6.45, 7) is 3.90. The monoisotopic (exact) mass is 1270 g/mol. The van der Waals surface area contributed by atoms with Gasteiger partial charge in [0.15, 0.2) is 6.10 Å². The maximum Gasteiger partial charge on any atom is 0.306 e. The molecule has 0 heterocycles. The molecular formula is C87H140O5. The molecule has 0 fully saturated rings. The Bertz CT molecular complexity index is 2070. The Hall–Kier alpha value is -5.26. The topological polar surface area (TPSA) is 72.8 Å². The van der Waals surface area contributed by atoms with Gasteiger partial charge >= 0.3 is 11.9 Å². The average Bonchev–Trinajstić information content (AvgIpc) is 3.70. The van der Waals surface area contributed by atoms with Crippen LogP contribution in [0.2, 0.25) is 0 Å². The van der Waals surface area contributed by atoms with Crippen LogP contribution in [0.1, 0.15) is 322 Å². The minimum atomic E-state index is -0.804. The summed E-state index contributed by atoms with van der Waals surface area (Å²) in [6.07, 6.45) is 126. The molecule has 0 aromatic carbocycles. The number of unbranched alkanes of at least 4 members (excludes halogenated alkanes) is 28. The quantitative estimate of drug-likeness (QED) is 0.0373. The van der Waals surface area contributed by atoms with Gasteiger partial charge < -0.3 is 14.6 Å². The minimum Gasteiger partial charge on any atom is -0.462 e. The Morgan fingerprint density at radius 1 is 0.250 bits per heavy atom. The van der Waals surface area contributed by atoms with Crippen LogP contribution in [0, 0.1) is 0 Å². The molecule has 0 spiro atoms. The Balaban J connectivity index is 3.55. The second kappa shape index (κ2) is 80.0. The molecule has 0 saturated carbocycles. The summed E-state index contributed by atoms with van der Waals surface area (Å²) in [5.74, 6) is -0.630. The first-order chi connectivity index (χ1) is 45.6. The van der Waals surface area contributed by atoms with Gasteiger partial charge in [-0.15, -0.1) is 0 Å². The number of carbonyl (C=O) groups excluding carboxylic acids is 2. The van der Waals surface area contributed by atoms with E-state index in [-0.39, 0.29) is 25.2 Å². The van der Waals surface area contributed by atoms with Crippen molar-refractivity contribution in [1.29, 1.82) is 0 Å². The summed E-state index contributed by atoms with van der Waals surface area (Å²) < 4.78 is 10.7. The van der Waals surface area contributed by atoms with Gasteiger partial charge in [-0.1, -0.05) is 362 Å². The van der Waals surface area contributed by atoms with Crippen molar-refractivity contribution >= 4 is 11.9 Å². The van der Waals surface area contributed by atoms with E-state index in [1.165, 1.54) is 148 Å². The molecule has 518 valence electrons. The summed E-state index contributed by atoms with van der Waals surface area (Å²) in [5, 5.41) is 9.71. The standard InChI is InChI=1S/C87H140O5/c1-3-5-7-9-11-13-15-17-19-21-23-25-27-29-31-33-35-37-39-41-42-43-44-46-47-49-51-53-55-57-59-61-63-65-67-69-71-73-75-77-79-81-86(89)91-84-85(83-88)92-87(90)82-80-78-76-74-72-70-68-66-64-62-60-58-56-54-52-50-48-45-40-38-36-34-32-30-28-26-24-22-20-18-16-14-12-10-8-6-4-2/h5-8,11-14,17-20,23-26,29-32,36,38,45,48,52,54,58,60,64,66,70,72,85,88H,3-4,9-10,15-16,21-22,27-28,33-35,37,39-44,46-47,49-51,53,55-57,59,61-63,65,67-69,71,73-84H2,1-2H3/b7-5-,8-6-,13-11-,14-12-,19-17-,20-18-,25-23-,26-24-,31-29-,32-30-,38-36-,48-45-,54-52-,60-58-,66-64-,72-70-. The number of allylic oxidation sites excluding steroid dienone is 32. The van der Waals surface area contributed by atoms with Crippen LogP contribution in [0.4, 0.5) is 0 Å². The van der Waals surface area contributed by atoms with Crippen molar-refractivity contribution in [3.8, 4) is 0 Å². The number of aliphatic hydroxyl groups excluding tert-OH is 1. The lowest BCUT2D eigenvalue weighted by Crippen LogP contribution is -2.28. The van der Waals surface area contributed by atoms with Crippen molar-refractivity contribution in [3.05, 3.63) is 194 Å². The largest absolute Gasteiger partial charge is 0.462 e. The van der Waals surface area contributed by atoms with Gasteiger partial charge in [-0.3, -0.25) is 9.59 Å². The van der Waals surface area contributed by atoms with Crippen LogP contribution in [-0.2, 0) is 19.1 Å². The Morgan fingerprint density at radius 2 is 0.435 bits per heavy atom. The third kappa shape index (κ3) is 77.2. The molecule has 1 atom stereocenters. The van der Waals surface area contributed by atoms with Crippen molar-refractivity contribution in [2.75, 3.05) is 13.2 Å². The van der Waals surface area contributed by atoms with E-state index in [1.807, 2.05) is 0 Å². The first kappa shape index (κ1) is 86.7. The molecule has 0 aliphatic heterocycles. The molecule has 0 saturated heterocycles. The summed E-state index contributed by atoms with van der Waals surface area (Å²) in [7, 11) is 0. The van der Waals surface area contributed by atoms with Gasteiger partial charge in [-0.25, -0.2) is 0 Å². The third-order valence-electron chi connectivity index (χ3n) is 15.9. The molecule has 0 amide bonds. The molecule has 0 aliphatic rings. The summed E-state index contributed by atoms with van der Waals surface area (Å²) in [5.41, 5.74) is 0. The zero-order chi connectivity index (χ0) is 66.1. The molecule has 92 heavy (non-hydrogen) atoms. The van der Waals surface area contributed by atoms with Crippen LogP contribution in [0.3, 0.4) is 0 Å². The maximum atomic E-state index is 12.4. The first-order valence-electron chi connectivity index (χ1n) is 38.0. The number of carbonyl (C=O) groups is 2. The van der Waals surface area contributed by atoms with Gasteiger partial charge in [-0.05, 0) is 141 Å². The third-order valence-corrected chi connectivity index (χ3v) is 15.9. The molecule has 0 aliphatic carbocycles. The van der Waals surface area contributed by atoms with E-state index in [4.69, 9.17) is 9.47 Å². The highest BCUT2D eigenvalue weighted by Gasteiger charge is 2.16. The van der Waals surface area contributed by atoms with Crippen LogP contribution < -0.4 is 0 Å². The minimum absolute atomic E-state index is 0.0876. The number of esters is 2. The van der Waals surface area contributed by atoms with Crippen molar-refractivity contribution in [3.63, 3.8) is 0 Å². The second-order valence-corrected chi connectivity index (χ2v) is 24.6. The summed E-state index contributed by atoms with van der Waals surface area (Å²) in [4.78, 5) is 24.7. The summed E-state index contributed by atoms with van der Waals surface area (Å²) in [6, 6.07) is 0. The van der Waals surface area contributed by atoms with Crippen LogP contribution >= 0.6 is 0 Å². The Labute approximate surface area is 568 Å². The second-order valence-electron chi connectivity index (χ2n) is 24.6. The smallest absolute Gasteiger partial charge is 0.306 e. The molecular weight excluding hydrogens is 1120 g/mol. The van der Waals surface area contributed by atoms with E-state index in [0.717, 1.165) is 148 Å². The van der Waals surface area contributed by atoms with Gasteiger partial charge in [-0.2, -0.15) is 0 Å². The van der Waals surface area contributed by atoms with Gasteiger partial charge in [0.05, 0.1) is 6.61 Å². The molecule has 0 rings (SSSR count). The highest BCUT2D eigenvalue weighted by Crippen LogP contribution is 2.17. The normalized spacial score (nSPS) is 13.4. The van der Waals surface area contributed by atoms with Gasteiger partial charge in [0, 0.05) is 12.8 Å². The Kier molecular flexibility index (Phi) is 75.4. The number of rotatable bonds is 68. The van der Waals surface area contributed by atoms with Crippen LogP contribution in [0.15, 0.2) is 194 Å². The lowest BCUT2D eigenvalue weighted by Gasteiger charge is -2.15. The van der Waals surface area contributed by atoms with Crippen molar-refractivity contribution in [2.45, 2.75) is 328 Å². The van der Waals surface area contributed by atoms with Crippen molar-refractivity contribution in [2.24, 2.45) is 0 Å². The highest BCUT2D eigenvalue weighted by molar-refractivity contribution is 5.70. The number of hydrogen-bond donors (Lipinski definition) is 1. The fourth-order valence-electron chi connectivity index (χ4n) is 10.3. The SMILES string of the molecule is CC/C=C\C/C=C\C/C=C\C/C=C\C/C=C\C/C=C\C/C=C\C/C=C\C/C=C\C/C=C\C/C=C\CCCCCC(=O)OC(CO)COC(=O)CCCCCCCCCCCCCCCCCCCCCCCCCCC/C=C\C/C=C\C/C=C\C/C=C\C/C=C\CC. The molecule has 1 unspecified atom stereocenters. The molecule has 1 N–H and O–H groups in total. The predicted octanol–water partition coefficient (Wildman–Crippen LogP) is 27.1. The predicted molar refractivity (Wildman–Crippen MR) is 407 cm³/mol. The van der Waals surface area contributed by atoms with E-state index in [2.05, 4.69) is 208 Å². The first-order valence-corrected chi connectivity index (χ1v) is 38.0. The Morgan fingerprint density at radius 3 is 0.663 bits per heavy atom. The molecule has 5 heteroatoms. The van der Waals surface area contributed by atoms with E-state index >= 15 is 0 Å². The summed E-state index contributed by atoms with van der Waals surface area (Å²) >= 11 is 0. The van der Waals surface area contributed by atoms with E-state index in [0.29, 0.717) is 12.8 Å². The average molecular weight is 1270 g/mol. The van der Waals surface area contributed by atoms with Crippen LogP contribution in [0.25, 0.3) is 0 Å². The van der Waals surface area contributed by atoms with Gasteiger partial charge in [0.25, 0.3) is 0 Å². The fraction of sp³-hybridized carbons (Fsp3) is 0.609. The fourth-order valence-corrected chi connectivity index (χ4v) is 10.3. The highest BCUT2D eigenvalue weighted by atomic mass is 16.6. The molecule has 0 bridgehead atoms. The number of aliphatic hydroxyl groups is 1. The zero-order valence-corrected chi connectivity index (χ0v) is 59.5. The number of hydrogen-bond acceptors (Lipinski definition) is 5. The maximum absolute atomic E-state index is 12.4. The lowest BCUT2D eigenvalue weighted by atomic mass is 10.0.